The fourth-order valence-electron chi connectivity index (χ4n) is 4.09. The van der Waals surface area contributed by atoms with Crippen LogP contribution in [0.1, 0.15) is 49.5 Å². The Morgan fingerprint density at radius 2 is 1.93 bits per heavy atom. The summed E-state index contributed by atoms with van der Waals surface area (Å²) in [4.78, 5) is 7.84. The van der Waals surface area contributed by atoms with Crippen LogP contribution in [0.2, 0.25) is 0 Å². The van der Waals surface area contributed by atoms with Crippen LogP contribution >= 0.6 is 0 Å². The highest BCUT2D eigenvalue weighted by molar-refractivity contribution is 5.67. The summed E-state index contributed by atoms with van der Waals surface area (Å²) >= 11 is 0. The third-order valence-electron chi connectivity index (χ3n) is 5.58. The zero-order valence-corrected chi connectivity index (χ0v) is 14.3. The van der Waals surface area contributed by atoms with Gasteiger partial charge in [-0.3, -0.25) is 0 Å². The molecule has 1 saturated carbocycles. The van der Waals surface area contributed by atoms with Crippen LogP contribution in [0.15, 0.2) is 24.7 Å². The number of rotatable bonds is 3. The molecular formula is C18H18F5N3O. The molecule has 2 aromatic rings. The summed E-state index contributed by atoms with van der Waals surface area (Å²) in [5.41, 5.74) is 0.436. The molecule has 2 aliphatic rings. The molecule has 3 heterocycles. The molecule has 9 heteroatoms. The topological polar surface area (TPSA) is 50.9 Å². The van der Waals surface area contributed by atoms with Gasteiger partial charge < -0.3 is 9.67 Å². The van der Waals surface area contributed by atoms with Crippen LogP contribution < -0.4 is 0 Å². The van der Waals surface area contributed by atoms with Gasteiger partial charge >= 0.3 is 6.18 Å². The zero-order chi connectivity index (χ0) is 19.4. The Labute approximate surface area is 152 Å². The van der Waals surface area contributed by atoms with Crippen molar-refractivity contribution in [3.63, 3.8) is 0 Å². The molecule has 1 N–H and O–H groups in total. The molecule has 4 nitrogen and oxygen atoms in total. The molecule has 0 saturated heterocycles. The average Bonchev–Trinajstić information content (AvgIpc) is 3.16. The molecule has 0 bridgehead atoms. The highest BCUT2D eigenvalue weighted by Gasteiger charge is 2.41. The van der Waals surface area contributed by atoms with E-state index >= 15 is 0 Å². The first-order chi connectivity index (χ1) is 12.7. The molecular weight excluding hydrogens is 369 g/mol. The Balaban J connectivity index is 1.60. The summed E-state index contributed by atoms with van der Waals surface area (Å²) in [5, 5.41) is 10.6. The van der Waals surface area contributed by atoms with Crippen LogP contribution in [0.5, 0.6) is 0 Å². The van der Waals surface area contributed by atoms with Crippen LogP contribution in [-0.4, -0.2) is 31.7 Å². The highest BCUT2D eigenvalue weighted by atomic mass is 19.4. The number of halogens is 5. The van der Waals surface area contributed by atoms with E-state index in [0.29, 0.717) is 11.3 Å². The molecule has 2 aromatic heterocycles. The predicted molar refractivity (Wildman–Crippen MR) is 86.1 cm³/mol. The number of hydrogen-bond acceptors (Lipinski definition) is 3. The number of alkyl halides is 5. The van der Waals surface area contributed by atoms with Crippen molar-refractivity contribution in [3.8, 4) is 11.3 Å². The number of pyridine rings is 1. The van der Waals surface area contributed by atoms with Gasteiger partial charge in [-0.05, 0) is 30.9 Å². The lowest BCUT2D eigenvalue weighted by atomic mass is 9.81. The molecule has 2 unspecified atom stereocenters. The standard InChI is InChI=1S/C18H18F5N3O/c19-17(20)5-3-10(4-6-17)14(27)7-12-16-11(13-8-24-9-26(12)13)1-2-15(25-16)18(21,22)23/h1-2,8-10,12,14,27H,3-7H2. The summed E-state index contributed by atoms with van der Waals surface area (Å²) in [6, 6.07) is 1.70. The number of nitrogens with zero attached hydrogens (tertiary/aromatic N) is 3. The van der Waals surface area contributed by atoms with Crippen LogP contribution in [0.25, 0.3) is 11.3 Å². The zero-order valence-electron chi connectivity index (χ0n) is 14.3. The monoisotopic (exact) mass is 387 g/mol. The normalized spacial score (nSPS) is 23.1. The molecule has 1 aliphatic carbocycles. The van der Waals surface area contributed by atoms with Crippen molar-refractivity contribution in [1.82, 2.24) is 14.5 Å². The van der Waals surface area contributed by atoms with Gasteiger partial charge in [-0.2, -0.15) is 13.2 Å². The maximum atomic E-state index is 13.3. The predicted octanol–water partition coefficient (Wildman–Crippen LogP) is 4.44. The minimum absolute atomic E-state index is 0.112. The van der Waals surface area contributed by atoms with E-state index in [1.54, 1.807) is 10.8 Å². The summed E-state index contributed by atoms with van der Waals surface area (Å²) in [6.07, 6.45) is -2.47. The molecule has 0 radical (unpaired) electrons. The first-order valence-corrected chi connectivity index (χ1v) is 8.82. The third-order valence-corrected chi connectivity index (χ3v) is 5.58. The Kier molecular flexibility index (Phi) is 4.25. The fraction of sp³-hybridized carbons (Fsp3) is 0.556. The smallest absolute Gasteiger partial charge is 0.393 e. The van der Waals surface area contributed by atoms with E-state index in [0.717, 1.165) is 6.07 Å². The molecule has 1 fully saturated rings. The van der Waals surface area contributed by atoms with E-state index in [4.69, 9.17) is 0 Å². The van der Waals surface area contributed by atoms with Crippen molar-refractivity contribution in [1.29, 1.82) is 0 Å². The summed E-state index contributed by atoms with van der Waals surface area (Å²) in [7, 11) is 0. The van der Waals surface area contributed by atoms with Crippen LogP contribution in [0.4, 0.5) is 22.0 Å². The second-order valence-corrected chi connectivity index (χ2v) is 7.33. The quantitative estimate of drug-likeness (QED) is 0.792. The number of hydrogen-bond donors (Lipinski definition) is 1. The number of aliphatic hydroxyl groups is 1. The maximum Gasteiger partial charge on any atom is 0.433 e. The largest absolute Gasteiger partial charge is 0.433 e. The molecule has 146 valence electrons. The fourth-order valence-corrected chi connectivity index (χ4v) is 4.09. The van der Waals surface area contributed by atoms with Gasteiger partial charge in [0.1, 0.15) is 5.69 Å². The van der Waals surface area contributed by atoms with E-state index in [-0.39, 0.29) is 43.7 Å². The van der Waals surface area contributed by atoms with Gasteiger partial charge in [-0.15, -0.1) is 0 Å². The van der Waals surface area contributed by atoms with Crippen molar-refractivity contribution in [2.24, 2.45) is 5.92 Å². The minimum atomic E-state index is -4.57. The Hall–Kier alpha value is -2.03. The Morgan fingerprint density at radius 3 is 2.59 bits per heavy atom. The SMILES string of the molecule is OC(CC1c2nc(C(F)(F)F)ccc2-c2cncn21)C1CCC(F)(F)CC1. The van der Waals surface area contributed by atoms with E-state index in [1.165, 1.54) is 12.4 Å². The van der Waals surface area contributed by atoms with Crippen molar-refractivity contribution in [3.05, 3.63) is 36.0 Å². The summed E-state index contributed by atoms with van der Waals surface area (Å²) in [5.74, 6) is -3.00. The first-order valence-electron chi connectivity index (χ1n) is 8.82. The van der Waals surface area contributed by atoms with E-state index in [2.05, 4.69) is 9.97 Å². The number of imidazole rings is 1. The van der Waals surface area contributed by atoms with Gasteiger partial charge in [-0.25, -0.2) is 18.7 Å². The molecule has 0 amide bonds. The van der Waals surface area contributed by atoms with Gasteiger partial charge in [0.25, 0.3) is 0 Å². The van der Waals surface area contributed by atoms with E-state index in [9.17, 15) is 27.1 Å². The van der Waals surface area contributed by atoms with Crippen LogP contribution in [0.3, 0.4) is 0 Å². The summed E-state index contributed by atoms with van der Waals surface area (Å²) < 4.78 is 67.6. The molecule has 1 aliphatic heterocycles. The second-order valence-electron chi connectivity index (χ2n) is 7.33. The van der Waals surface area contributed by atoms with E-state index < -0.39 is 29.9 Å². The number of aromatic nitrogens is 3. The van der Waals surface area contributed by atoms with Gasteiger partial charge in [0.2, 0.25) is 5.92 Å². The minimum Gasteiger partial charge on any atom is -0.393 e. The van der Waals surface area contributed by atoms with Crippen molar-refractivity contribution < 1.29 is 27.1 Å². The lowest BCUT2D eigenvalue weighted by Crippen LogP contribution is -2.32. The average molecular weight is 387 g/mol. The van der Waals surface area contributed by atoms with Crippen LogP contribution in [0, 0.1) is 5.92 Å². The van der Waals surface area contributed by atoms with Crippen molar-refractivity contribution >= 4 is 0 Å². The molecule has 27 heavy (non-hydrogen) atoms. The van der Waals surface area contributed by atoms with Gasteiger partial charge in [0.05, 0.1) is 36.1 Å². The van der Waals surface area contributed by atoms with Crippen LogP contribution in [-0.2, 0) is 6.18 Å². The third kappa shape index (κ3) is 3.33. The maximum absolute atomic E-state index is 13.3. The molecule has 0 aromatic carbocycles. The lowest BCUT2D eigenvalue weighted by Gasteiger charge is -2.32. The Morgan fingerprint density at radius 1 is 1.22 bits per heavy atom. The molecule has 4 rings (SSSR count). The Bertz CT molecular complexity index is 838. The molecule has 2 atom stereocenters. The van der Waals surface area contributed by atoms with Crippen molar-refractivity contribution in [2.75, 3.05) is 0 Å². The highest BCUT2D eigenvalue weighted by Crippen LogP contribution is 2.44. The second kappa shape index (κ2) is 6.25. The van der Waals surface area contributed by atoms with E-state index in [1.807, 2.05) is 0 Å². The van der Waals surface area contributed by atoms with Gasteiger partial charge in [0, 0.05) is 24.8 Å². The molecule has 0 spiro atoms. The summed E-state index contributed by atoms with van der Waals surface area (Å²) in [6.45, 7) is 0. The van der Waals surface area contributed by atoms with Gasteiger partial charge in [-0.1, -0.05) is 0 Å². The number of aliphatic hydroxyl groups excluding tert-OH is 1. The lowest BCUT2D eigenvalue weighted by molar-refractivity contribution is -0.141. The number of fused-ring (bicyclic) bond motifs is 3. The van der Waals surface area contributed by atoms with Crippen molar-refractivity contribution in [2.45, 2.75) is 56.3 Å². The van der Waals surface area contributed by atoms with Gasteiger partial charge in [0.15, 0.2) is 0 Å². The first kappa shape index (κ1) is 18.3.